The molecule has 4 rings (SSSR count). The molecule has 0 aliphatic carbocycles. The minimum atomic E-state index is -1.12. The molecule has 35 heavy (non-hydrogen) atoms. The van der Waals surface area contributed by atoms with Gasteiger partial charge in [-0.15, -0.1) is 0 Å². The SMILES string of the molecule is [N-]=[N+]=NCCCNC(=S)Nc1ccc(C2c3ccc(O)cc3Oc3cc(O)ccc32)c(C(=O)O)c1. The molecule has 0 amide bonds. The van der Waals surface area contributed by atoms with Crippen molar-refractivity contribution in [3.63, 3.8) is 0 Å². The first-order valence-electron chi connectivity index (χ1n) is 10.6. The normalized spacial score (nSPS) is 11.9. The monoisotopic (exact) mass is 491 g/mol. The van der Waals surface area contributed by atoms with E-state index in [9.17, 15) is 20.1 Å². The van der Waals surface area contributed by atoms with E-state index in [-0.39, 0.29) is 17.1 Å². The van der Waals surface area contributed by atoms with Crippen molar-refractivity contribution in [1.82, 2.24) is 5.32 Å². The number of carbonyl (C=O) groups is 1. The van der Waals surface area contributed by atoms with Crippen LogP contribution in [0.3, 0.4) is 0 Å². The van der Waals surface area contributed by atoms with E-state index in [1.165, 1.54) is 30.3 Å². The molecule has 5 N–H and O–H groups in total. The standard InChI is InChI=1S/C24H21N5O5S/c25-29-27-9-1-8-26-24(35)28-13-2-5-16(19(10-13)23(32)33)22-17-6-3-14(30)11-20(17)34-21-12-15(31)4-7-18(21)22/h2-7,10-12,22,30-31H,1,8-9H2,(H,32,33)(H2,26,28,35). The summed E-state index contributed by atoms with van der Waals surface area (Å²) in [6.07, 6.45) is 0.596. The van der Waals surface area contributed by atoms with Crippen molar-refractivity contribution >= 4 is 29.0 Å². The van der Waals surface area contributed by atoms with Crippen LogP contribution < -0.4 is 15.4 Å². The highest BCUT2D eigenvalue weighted by atomic mass is 32.1. The molecule has 10 nitrogen and oxygen atoms in total. The molecule has 0 atom stereocenters. The number of benzene rings is 3. The third-order valence-corrected chi connectivity index (χ3v) is 5.72. The molecular weight excluding hydrogens is 470 g/mol. The number of fused-ring (bicyclic) bond motifs is 2. The molecule has 0 fully saturated rings. The molecule has 3 aromatic rings. The van der Waals surface area contributed by atoms with E-state index in [1.807, 2.05) is 0 Å². The van der Waals surface area contributed by atoms with Crippen LogP contribution in [0, 0.1) is 0 Å². The lowest BCUT2D eigenvalue weighted by molar-refractivity contribution is 0.0695. The maximum Gasteiger partial charge on any atom is 0.336 e. The molecule has 178 valence electrons. The van der Waals surface area contributed by atoms with E-state index in [4.69, 9.17) is 22.5 Å². The fraction of sp³-hybridized carbons (Fsp3) is 0.167. The van der Waals surface area contributed by atoms with E-state index >= 15 is 0 Å². The van der Waals surface area contributed by atoms with E-state index in [1.54, 1.807) is 24.3 Å². The Kier molecular flexibility index (Phi) is 6.91. The molecule has 0 unspecified atom stereocenters. The summed E-state index contributed by atoms with van der Waals surface area (Å²) >= 11 is 5.27. The van der Waals surface area contributed by atoms with Crippen molar-refractivity contribution in [3.8, 4) is 23.0 Å². The van der Waals surface area contributed by atoms with Crippen molar-refractivity contribution in [2.45, 2.75) is 12.3 Å². The van der Waals surface area contributed by atoms with Crippen LogP contribution in [-0.4, -0.2) is 39.5 Å². The first-order chi connectivity index (χ1) is 16.9. The van der Waals surface area contributed by atoms with Gasteiger partial charge in [0.2, 0.25) is 0 Å². The van der Waals surface area contributed by atoms with Crippen LogP contribution in [0.25, 0.3) is 10.4 Å². The molecule has 11 heteroatoms. The topological polar surface area (TPSA) is 160 Å². The number of ether oxygens (including phenoxy) is 1. The minimum Gasteiger partial charge on any atom is -0.508 e. The van der Waals surface area contributed by atoms with Crippen molar-refractivity contribution in [2.24, 2.45) is 5.11 Å². The van der Waals surface area contributed by atoms with Crippen LogP contribution in [-0.2, 0) is 0 Å². The fourth-order valence-corrected chi connectivity index (χ4v) is 4.18. The molecule has 1 aliphatic heterocycles. The Labute approximate surface area is 205 Å². The summed E-state index contributed by atoms with van der Waals surface area (Å²) in [6, 6.07) is 14.3. The highest BCUT2D eigenvalue weighted by Crippen LogP contribution is 2.49. The van der Waals surface area contributed by atoms with Gasteiger partial charge in [-0.2, -0.15) is 0 Å². The summed E-state index contributed by atoms with van der Waals surface area (Å²) in [6.45, 7) is 0.831. The van der Waals surface area contributed by atoms with Crippen LogP contribution in [0.4, 0.5) is 5.69 Å². The lowest BCUT2D eigenvalue weighted by Gasteiger charge is -2.30. The number of carboxylic acid groups (broad SMARTS) is 1. The zero-order valence-electron chi connectivity index (χ0n) is 18.3. The third kappa shape index (κ3) is 5.21. The largest absolute Gasteiger partial charge is 0.508 e. The number of rotatable bonds is 7. The highest BCUT2D eigenvalue weighted by molar-refractivity contribution is 7.80. The lowest BCUT2D eigenvalue weighted by atomic mass is 9.80. The quantitative estimate of drug-likeness (QED) is 0.0787. The molecule has 3 aromatic carbocycles. The predicted molar refractivity (Wildman–Crippen MR) is 133 cm³/mol. The summed E-state index contributed by atoms with van der Waals surface area (Å²) in [7, 11) is 0. The molecule has 0 radical (unpaired) electrons. The summed E-state index contributed by atoms with van der Waals surface area (Å²) in [5.74, 6) is -0.880. The first kappa shape index (κ1) is 23.7. The average molecular weight is 492 g/mol. The van der Waals surface area contributed by atoms with E-state index in [2.05, 4.69) is 20.7 Å². The molecule has 1 heterocycles. The van der Waals surface area contributed by atoms with Gasteiger partial charge in [-0.05, 0) is 54.0 Å². The van der Waals surface area contributed by atoms with Gasteiger partial charge in [-0.1, -0.05) is 23.3 Å². The van der Waals surface area contributed by atoms with E-state index in [0.717, 1.165) is 0 Å². The average Bonchev–Trinajstić information content (AvgIpc) is 2.82. The van der Waals surface area contributed by atoms with Crippen LogP contribution in [0.2, 0.25) is 0 Å². The maximum atomic E-state index is 12.3. The van der Waals surface area contributed by atoms with Crippen LogP contribution in [0.1, 0.15) is 39.4 Å². The Bertz CT molecular complexity index is 1300. The number of nitrogens with zero attached hydrogens (tertiary/aromatic N) is 3. The molecule has 0 saturated heterocycles. The number of hydrogen-bond donors (Lipinski definition) is 5. The number of nitrogens with one attached hydrogen (secondary N) is 2. The molecule has 0 spiro atoms. The first-order valence-corrected chi connectivity index (χ1v) is 11.0. The Morgan fingerprint density at radius 1 is 1.03 bits per heavy atom. The summed E-state index contributed by atoms with van der Waals surface area (Å²) in [5, 5.41) is 39.6. The summed E-state index contributed by atoms with van der Waals surface area (Å²) in [4.78, 5) is 15.0. The van der Waals surface area contributed by atoms with Gasteiger partial charge >= 0.3 is 5.97 Å². The number of azide groups is 1. The lowest BCUT2D eigenvalue weighted by Crippen LogP contribution is -2.29. The number of aromatic carboxylic acids is 1. The van der Waals surface area contributed by atoms with Gasteiger partial charge in [0.15, 0.2) is 5.11 Å². The van der Waals surface area contributed by atoms with Crippen LogP contribution in [0.15, 0.2) is 59.7 Å². The molecule has 0 aromatic heterocycles. The van der Waals surface area contributed by atoms with Gasteiger partial charge in [0.1, 0.15) is 23.0 Å². The molecule has 1 aliphatic rings. The van der Waals surface area contributed by atoms with Crippen LogP contribution >= 0.6 is 12.2 Å². The summed E-state index contributed by atoms with van der Waals surface area (Å²) < 4.78 is 5.90. The number of phenolic OH excluding ortho intramolecular Hbond substituents is 2. The van der Waals surface area contributed by atoms with E-state index in [0.29, 0.717) is 58.5 Å². The third-order valence-electron chi connectivity index (χ3n) is 5.47. The predicted octanol–water partition coefficient (Wildman–Crippen LogP) is 5.07. The van der Waals surface area contributed by atoms with Crippen molar-refractivity contribution < 1.29 is 24.9 Å². The smallest absolute Gasteiger partial charge is 0.336 e. The minimum absolute atomic E-state index is 0.00421. The number of aromatic hydroxyl groups is 2. The van der Waals surface area contributed by atoms with Crippen molar-refractivity contribution in [2.75, 3.05) is 18.4 Å². The zero-order valence-corrected chi connectivity index (χ0v) is 19.1. The Hall–Kier alpha value is -4.47. The van der Waals surface area contributed by atoms with Gasteiger partial charge in [0, 0.05) is 52.9 Å². The zero-order chi connectivity index (χ0) is 24.9. The van der Waals surface area contributed by atoms with Gasteiger partial charge in [0.05, 0.1) is 5.56 Å². The second-order valence-electron chi connectivity index (χ2n) is 7.78. The highest BCUT2D eigenvalue weighted by Gasteiger charge is 2.32. The Balaban J connectivity index is 1.68. The van der Waals surface area contributed by atoms with Crippen molar-refractivity contribution in [1.29, 1.82) is 0 Å². The Morgan fingerprint density at radius 2 is 1.66 bits per heavy atom. The number of phenols is 2. The maximum absolute atomic E-state index is 12.3. The molecule has 0 bridgehead atoms. The number of hydrogen-bond acceptors (Lipinski definition) is 6. The number of thiocarbonyl (C=S) groups is 1. The number of carboxylic acids is 1. The van der Waals surface area contributed by atoms with E-state index < -0.39 is 11.9 Å². The van der Waals surface area contributed by atoms with Crippen molar-refractivity contribution in [3.05, 3.63) is 87.3 Å². The second kappa shape index (κ2) is 10.2. The van der Waals surface area contributed by atoms with Gasteiger partial charge in [0.25, 0.3) is 0 Å². The fourth-order valence-electron chi connectivity index (χ4n) is 3.96. The molecular formula is C24H21N5O5S. The molecule has 0 saturated carbocycles. The summed E-state index contributed by atoms with van der Waals surface area (Å²) in [5.41, 5.74) is 10.7. The number of anilines is 1. The Morgan fingerprint density at radius 3 is 2.26 bits per heavy atom. The van der Waals surface area contributed by atoms with Gasteiger partial charge < -0.3 is 30.7 Å². The van der Waals surface area contributed by atoms with Gasteiger partial charge in [-0.3, -0.25) is 0 Å². The van der Waals surface area contributed by atoms with Crippen LogP contribution in [0.5, 0.6) is 23.0 Å². The second-order valence-corrected chi connectivity index (χ2v) is 8.18. The van der Waals surface area contributed by atoms with Gasteiger partial charge in [-0.25, -0.2) is 4.79 Å².